The van der Waals surface area contributed by atoms with Crippen LogP contribution in [0.15, 0.2) is 0 Å². The fraction of sp³-hybridized carbons (Fsp3) is 0.923. The Hall–Kier alpha value is -0.770. The smallest absolute Gasteiger partial charge is 0.319 e. The van der Waals surface area contributed by atoms with Crippen LogP contribution in [0.5, 0.6) is 0 Å². The highest BCUT2D eigenvalue weighted by atomic mass is 16.2. The van der Waals surface area contributed by atoms with Gasteiger partial charge in [0, 0.05) is 32.2 Å². The Labute approximate surface area is 104 Å². The molecule has 2 amide bonds. The lowest BCUT2D eigenvalue weighted by Gasteiger charge is -2.37. The molecule has 2 rings (SSSR count). The molecule has 2 aliphatic heterocycles. The molecule has 0 atom stereocenters. The number of urea groups is 1. The maximum atomic E-state index is 12.2. The van der Waals surface area contributed by atoms with Crippen LogP contribution in [0.4, 0.5) is 4.79 Å². The van der Waals surface area contributed by atoms with Crippen molar-refractivity contribution < 1.29 is 4.79 Å². The van der Waals surface area contributed by atoms with E-state index in [4.69, 9.17) is 0 Å². The average Bonchev–Trinajstić information content (AvgIpc) is 2.40. The third-order valence-corrected chi connectivity index (χ3v) is 3.88. The molecule has 0 spiro atoms. The molecule has 0 aromatic rings. The van der Waals surface area contributed by atoms with E-state index < -0.39 is 0 Å². The van der Waals surface area contributed by atoms with Gasteiger partial charge in [-0.1, -0.05) is 6.92 Å². The van der Waals surface area contributed by atoms with Crippen LogP contribution in [-0.4, -0.2) is 54.6 Å². The molecule has 0 aromatic carbocycles. The van der Waals surface area contributed by atoms with Crippen molar-refractivity contribution in [1.29, 1.82) is 0 Å². The zero-order valence-electron chi connectivity index (χ0n) is 11.0. The quantitative estimate of drug-likeness (QED) is 0.795. The van der Waals surface area contributed by atoms with Crippen LogP contribution in [0.1, 0.15) is 39.0 Å². The average molecular weight is 239 g/mol. The minimum atomic E-state index is 0.277. The number of amides is 2. The lowest BCUT2D eigenvalue weighted by atomic mass is 10.1. The predicted octanol–water partition coefficient (Wildman–Crippen LogP) is 1.67. The summed E-state index contributed by atoms with van der Waals surface area (Å²) in [4.78, 5) is 16.3. The number of likely N-dealkylation sites (tertiary alicyclic amines) is 2. The van der Waals surface area contributed by atoms with Gasteiger partial charge in [-0.05, 0) is 38.6 Å². The zero-order chi connectivity index (χ0) is 12.1. The van der Waals surface area contributed by atoms with Gasteiger partial charge < -0.3 is 15.1 Å². The molecular formula is C13H25N3O. The molecule has 0 saturated carbocycles. The van der Waals surface area contributed by atoms with Crippen molar-refractivity contribution in [3.05, 3.63) is 0 Å². The van der Waals surface area contributed by atoms with E-state index >= 15 is 0 Å². The Kier molecular flexibility index (Phi) is 4.66. The molecular weight excluding hydrogens is 214 g/mol. The number of piperidine rings is 2. The second kappa shape index (κ2) is 6.24. The molecule has 0 aliphatic carbocycles. The van der Waals surface area contributed by atoms with Crippen LogP contribution >= 0.6 is 0 Å². The van der Waals surface area contributed by atoms with Crippen molar-refractivity contribution >= 4 is 6.03 Å². The van der Waals surface area contributed by atoms with E-state index in [0.29, 0.717) is 6.04 Å². The van der Waals surface area contributed by atoms with Crippen LogP contribution < -0.4 is 5.32 Å². The van der Waals surface area contributed by atoms with Gasteiger partial charge in [-0.15, -0.1) is 0 Å². The molecule has 4 nitrogen and oxygen atoms in total. The first-order valence-electron chi connectivity index (χ1n) is 7.08. The topological polar surface area (TPSA) is 35.6 Å². The van der Waals surface area contributed by atoms with Gasteiger partial charge in [-0.3, -0.25) is 0 Å². The number of nitrogens with one attached hydrogen (secondary N) is 1. The minimum absolute atomic E-state index is 0.277. The molecule has 17 heavy (non-hydrogen) atoms. The molecule has 1 N–H and O–H groups in total. The minimum Gasteiger partial charge on any atom is -0.325 e. The van der Waals surface area contributed by atoms with E-state index in [1.165, 1.54) is 19.3 Å². The van der Waals surface area contributed by atoms with Gasteiger partial charge in [-0.2, -0.15) is 0 Å². The van der Waals surface area contributed by atoms with Crippen molar-refractivity contribution in [2.24, 2.45) is 0 Å². The summed E-state index contributed by atoms with van der Waals surface area (Å²) in [5.41, 5.74) is 0. The lowest BCUT2D eigenvalue weighted by molar-refractivity contribution is 0.129. The fourth-order valence-electron chi connectivity index (χ4n) is 2.85. The Morgan fingerprint density at radius 3 is 2.24 bits per heavy atom. The van der Waals surface area contributed by atoms with Crippen LogP contribution in [0.2, 0.25) is 0 Å². The Balaban J connectivity index is 1.77. The number of nitrogens with zero attached hydrogens (tertiary/aromatic N) is 2. The highest BCUT2D eigenvalue weighted by Gasteiger charge is 2.26. The summed E-state index contributed by atoms with van der Waals surface area (Å²) in [7, 11) is 0. The van der Waals surface area contributed by atoms with Gasteiger partial charge in [-0.25, -0.2) is 4.79 Å². The van der Waals surface area contributed by atoms with Crippen molar-refractivity contribution in [1.82, 2.24) is 15.1 Å². The Morgan fingerprint density at radius 1 is 1.06 bits per heavy atom. The number of hydrogen-bond donors (Lipinski definition) is 1. The zero-order valence-corrected chi connectivity index (χ0v) is 11.0. The molecule has 2 aliphatic rings. The third-order valence-electron chi connectivity index (χ3n) is 3.88. The summed E-state index contributed by atoms with van der Waals surface area (Å²) >= 11 is 0. The number of carbonyl (C=O) groups excluding carboxylic acids is 1. The first kappa shape index (κ1) is 12.7. The maximum Gasteiger partial charge on any atom is 0.319 e. The molecule has 98 valence electrons. The van der Waals surface area contributed by atoms with Crippen molar-refractivity contribution in [3.63, 3.8) is 0 Å². The monoisotopic (exact) mass is 239 g/mol. The Morgan fingerprint density at radius 2 is 1.65 bits per heavy atom. The summed E-state index contributed by atoms with van der Waals surface area (Å²) in [6.45, 7) is 6.95. The molecule has 2 heterocycles. The first-order chi connectivity index (χ1) is 8.31. The molecule has 4 heteroatoms. The molecule has 0 bridgehead atoms. The first-order valence-corrected chi connectivity index (χ1v) is 7.08. The largest absolute Gasteiger partial charge is 0.325 e. The fourth-order valence-corrected chi connectivity index (χ4v) is 2.85. The lowest BCUT2D eigenvalue weighted by Crippen LogP contribution is -2.50. The molecule has 0 radical (unpaired) electrons. The standard InChI is InChI=1S/C13H25N3O/c1-2-14-12-6-10-16(11-7-12)13(17)15-8-4-3-5-9-15/h12,14H,2-11H2,1H3. The molecule has 2 saturated heterocycles. The molecule has 0 unspecified atom stereocenters. The van der Waals surface area contributed by atoms with Crippen LogP contribution in [0.25, 0.3) is 0 Å². The normalized spacial score (nSPS) is 22.9. The number of carbonyl (C=O) groups is 1. The van der Waals surface area contributed by atoms with Gasteiger partial charge >= 0.3 is 6.03 Å². The van der Waals surface area contributed by atoms with Crippen molar-refractivity contribution in [2.45, 2.75) is 45.1 Å². The van der Waals surface area contributed by atoms with E-state index in [1.54, 1.807) is 0 Å². The summed E-state index contributed by atoms with van der Waals surface area (Å²) in [6.07, 6.45) is 5.85. The van der Waals surface area contributed by atoms with E-state index in [1.807, 2.05) is 9.80 Å². The van der Waals surface area contributed by atoms with Gasteiger partial charge in [0.05, 0.1) is 0 Å². The van der Waals surface area contributed by atoms with Gasteiger partial charge in [0.15, 0.2) is 0 Å². The van der Waals surface area contributed by atoms with E-state index in [-0.39, 0.29) is 6.03 Å². The van der Waals surface area contributed by atoms with Gasteiger partial charge in [0.2, 0.25) is 0 Å². The SMILES string of the molecule is CCNC1CCN(C(=O)N2CCCCC2)CC1. The third kappa shape index (κ3) is 3.35. The van der Waals surface area contributed by atoms with E-state index in [0.717, 1.165) is 45.6 Å². The summed E-state index contributed by atoms with van der Waals surface area (Å²) in [5, 5.41) is 3.47. The van der Waals surface area contributed by atoms with Gasteiger partial charge in [0.25, 0.3) is 0 Å². The second-order valence-electron chi connectivity index (χ2n) is 5.15. The number of rotatable bonds is 2. The van der Waals surface area contributed by atoms with Crippen LogP contribution in [0, 0.1) is 0 Å². The summed E-state index contributed by atoms with van der Waals surface area (Å²) in [5.74, 6) is 0. The van der Waals surface area contributed by atoms with E-state index in [2.05, 4.69) is 12.2 Å². The highest BCUT2D eigenvalue weighted by Crippen LogP contribution is 2.15. The predicted molar refractivity (Wildman–Crippen MR) is 69.1 cm³/mol. The van der Waals surface area contributed by atoms with E-state index in [9.17, 15) is 4.79 Å². The van der Waals surface area contributed by atoms with Gasteiger partial charge in [0.1, 0.15) is 0 Å². The van der Waals surface area contributed by atoms with Crippen LogP contribution in [-0.2, 0) is 0 Å². The van der Waals surface area contributed by atoms with Crippen LogP contribution in [0.3, 0.4) is 0 Å². The summed E-state index contributed by atoms with van der Waals surface area (Å²) in [6, 6.07) is 0.894. The molecule has 2 fully saturated rings. The Bertz CT molecular complexity index is 243. The van der Waals surface area contributed by atoms with Crippen molar-refractivity contribution in [3.8, 4) is 0 Å². The highest BCUT2D eigenvalue weighted by molar-refractivity contribution is 5.74. The summed E-state index contributed by atoms with van der Waals surface area (Å²) < 4.78 is 0. The number of hydrogen-bond acceptors (Lipinski definition) is 2. The molecule has 0 aromatic heterocycles. The van der Waals surface area contributed by atoms with Crippen molar-refractivity contribution in [2.75, 3.05) is 32.7 Å². The second-order valence-corrected chi connectivity index (χ2v) is 5.15. The maximum absolute atomic E-state index is 12.2.